The van der Waals surface area contributed by atoms with Gasteiger partial charge in [-0.2, -0.15) is 0 Å². The number of halogens is 1. The van der Waals surface area contributed by atoms with E-state index >= 15 is 0 Å². The molecule has 0 amide bonds. The lowest BCUT2D eigenvalue weighted by atomic mass is 9.99. The minimum Gasteiger partial charge on any atom is -0.466 e. The molecular weight excluding hydrogens is 190 g/mol. The zero-order valence-electron chi connectivity index (χ0n) is 8.05. The van der Waals surface area contributed by atoms with Crippen molar-refractivity contribution in [2.45, 2.75) is 20.3 Å². The monoisotopic (exact) mass is 205 g/mol. The van der Waals surface area contributed by atoms with Crippen LogP contribution in [0.2, 0.25) is 0 Å². The molecule has 1 heterocycles. The zero-order valence-corrected chi connectivity index (χ0v) is 8.87. The highest BCUT2D eigenvalue weighted by Crippen LogP contribution is 2.66. The summed E-state index contributed by atoms with van der Waals surface area (Å²) in [5.74, 6) is -0.00231. The standard InChI is InChI=1S/C9H15NO2.ClH/c1-3-12-7(11)9-4-8(9,2)5-10-6-9;/h10H,3-6H2,1-2H3;1H/t8-,9+;/m0./s1. The number of carbonyl (C=O) groups is 1. The second-order valence-corrected chi connectivity index (χ2v) is 4.14. The first-order valence-electron chi connectivity index (χ1n) is 4.53. The Morgan fingerprint density at radius 1 is 1.54 bits per heavy atom. The van der Waals surface area contributed by atoms with E-state index in [9.17, 15) is 4.79 Å². The number of carbonyl (C=O) groups excluding carboxylic acids is 1. The average molecular weight is 206 g/mol. The van der Waals surface area contributed by atoms with E-state index in [0.717, 1.165) is 19.5 Å². The van der Waals surface area contributed by atoms with Crippen LogP contribution in [0, 0.1) is 10.8 Å². The normalized spacial score (nSPS) is 40.5. The highest BCUT2D eigenvalue weighted by Gasteiger charge is 2.72. The summed E-state index contributed by atoms with van der Waals surface area (Å²) >= 11 is 0. The van der Waals surface area contributed by atoms with Gasteiger partial charge in [0.05, 0.1) is 12.0 Å². The molecule has 1 aliphatic carbocycles. The molecule has 2 rings (SSSR count). The molecule has 1 saturated heterocycles. The van der Waals surface area contributed by atoms with Crippen LogP contribution in [0.4, 0.5) is 0 Å². The van der Waals surface area contributed by atoms with Crippen molar-refractivity contribution < 1.29 is 9.53 Å². The Balaban J connectivity index is 0.000000845. The molecule has 1 aliphatic heterocycles. The highest BCUT2D eigenvalue weighted by atomic mass is 35.5. The van der Waals surface area contributed by atoms with E-state index in [2.05, 4.69) is 12.2 Å². The second kappa shape index (κ2) is 3.14. The van der Waals surface area contributed by atoms with E-state index < -0.39 is 0 Å². The predicted octanol–water partition coefficient (Wildman–Crippen LogP) is 0.971. The van der Waals surface area contributed by atoms with Crippen molar-refractivity contribution in [3.63, 3.8) is 0 Å². The number of piperidine rings is 1. The van der Waals surface area contributed by atoms with Crippen molar-refractivity contribution in [1.29, 1.82) is 0 Å². The fraction of sp³-hybridized carbons (Fsp3) is 0.889. The Kier molecular flexibility index (Phi) is 2.61. The zero-order chi connectivity index (χ0) is 8.82. The Morgan fingerprint density at radius 2 is 2.23 bits per heavy atom. The van der Waals surface area contributed by atoms with Gasteiger partial charge < -0.3 is 10.1 Å². The van der Waals surface area contributed by atoms with Crippen molar-refractivity contribution in [2.75, 3.05) is 19.7 Å². The minimum absolute atomic E-state index is 0. The molecule has 0 aromatic heterocycles. The van der Waals surface area contributed by atoms with Gasteiger partial charge in [0, 0.05) is 13.1 Å². The van der Waals surface area contributed by atoms with Crippen molar-refractivity contribution in [3.05, 3.63) is 0 Å². The number of fused-ring (bicyclic) bond motifs is 1. The lowest BCUT2D eigenvalue weighted by Crippen LogP contribution is -2.26. The fourth-order valence-electron chi connectivity index (χ4n) is 2.34. The number of esters is 1. The van der Waals surface area contributed by atoms with Gasteiger partial charge in [-0.1, -0.05) is 6.92 Å². The van der Waals surface area contributed by atoms with Gasteiger partial charge in [0.15, 0.2) is 0 Å². The molecule has 2 fully saturated rings. The SMILES string of the molecule is CCOC(=O)[C@@]12CNC[C@]1(C)C2.Cl. The van der Waals surface area contributed by atoms with Crippen molar-refractivity contribution in [3.8, 4) is 0 Å². The summed E-state index contributed by atoms with van der Waals surface area (Å²) in [5.41, 5.74) is 0.0300. The molecule has 2 aliphatic rings. The summed E-state index contributed by atoms with van der Waals surface area (Å²) in [6, 6.07) is 0. The molecule has 2 atom stereocenters. The first kappa shape index (κ1) is 10.8. The number of nitrogens with one attached hydrogen (secondary N) is 1. The molecule has 3 nitrogen and oxygen atoms in total. The van der Waals surface area contributed by atoms with Crippen molar-refractivity contribution in [1.82, 2.24) is 5.32 Å². The van der Waals surface area contributed by atoms with Gasteiger partial charge in [-0.25, -0.2) is 0 Å². The number of rotatable bonds is 2. The van der Waals surface area contributed by atoms with Crippen LogP contribution in [0.5, 0.6) is 0 Å². The highest BCUT2D eigenvalue weighted by molar-refractivity contribution is 5.85. The lowest BCUT2D eigenvalue weighted by molar-refractivity contribution is -0.150. The van der Waals surface area contributed by atoms with Crippen LogP contribution in [0.25, 0.3) is 0 Å². The van der Waals surface area contributed by atoms with Gasteiger partial charge in [-0.05, 0) is 18.8 Å². The van der Waals surface area contributed by atoms with Gasteiger partial charge in [0.1, 0.15) is 0 Å². The largest absolute Gasteiger partial charge is 0.466 e. The number of hydrogen-bond acceptors (Lipinski definition) is 3. The Hall–Kier alpha value is -0.280. The molecule has 0 aromatic rings. The van der Waals surface area contributed by atoms with Crippen LogP contribution in [-0.4, -0.2) is 25.7 Å². The summed E-state index contributed by atoms with van der Waals surface area (Å²) < 4.78 is 5.06. The van der Waals surface area contributed by atoms with Crippen LogP contribution in [0.15, 0.2) is 0 Å². The maximum Gasteiger partial charge on any atom is 0.313 e. The van der Waals surface area contributed by atoms with E-state index in [1.54, 1.807) is 0 Å². The van der Waals surface area contributed by atoms with Crippen molar-refractivity contribution in [2.24, 2.45) is 10.8 Å². The van der Waals surface area contributed by atoms with E-state index in [-0.39, 0.29) is 29.2 Å². The van der Waals surface area contributed by atoms with Crippen LogP contribution in [0.1, 0.15) is 20.3 Å². The van der Waals surface area contributed by atoms with Crippen LogP contribution >= 0.6 is 12.4 Å². The number of hydrogen-bond donors (Lipinski definition) is 1. The molecule has 0 aromatic carbocycles. The third kappa shape index (κ3) is 1.25. The molecule has 76 valence electrons. The first-order valence-corrected chi connectivity index (χ1v) is 4.53. The Bertz CT molecular complexity index is 230. The van der Waals surface area contributed by atoms with Gasteiger partial charge >= 0.3 is 5.97 Å². The molecule has 0 unspecified atom stereocenters. The molecule has 4 heteroatoms. The third-order valence-corrected chi connectivity index (χ3v) is 3.33. The summed E-state index contributed by atoms with van der Waals surface area (Å²) in [6.07, 6.45) is 1.01. The maximum absolute atomic E-state index is 11.6. The maximum atomic E-state index is 11.6. The van der Waals surface area contributed by atoms with E-state index in [0.29, 0.717) is 6.61 Å². The smallest absolute Gasteiger partial charge is 0.313 e. The first-order chi connectivity index (χ1) is 5.65. The van der Waals surface area contributed by atoms with E-state index in [1.165, 1.54) is 0 Å². The Labute approximate surface area is 84.6 Å². The summed E-state index contributed by atoms with van der Waals surface area (Å²) in [7, 11) is 0. The lowest BCUT2D eigenvalue weighted by Gasteiger charge is -2.11. The molecule has 1 saturated carbocycles. The summed E-state index contributed by atoms with van der Waals surface area (Å²) in [4.78, 5) is 11.6. The predicted molar refractivity (Wildman–Crippen MR) is 51.9 cm³/mol. The Morgan fingerprint density at radius 3 is 2.62 bits per heavy atom. The van der Waals surface area contributed by atoms with E-state index in [4.69, 9.17) is 4.74 Å². The molecule has 0 bridgehead atoms. The molecule has 13 heavy (non-hydrogen) atoms. The summed E-state index contributed by atoms with van der Waals surface area (Å²) in [5, 5.41) is 3.24. The fourth-order valence-corrected chi connectivity index (χ4v) is 2.34. The third-order valence-electron chi connectivity index (χ3n) is 3.33. The van der Waals surface area contributed by atoms with E-state index in [1.807, 2.05) is 6.92 Å². The van der Waals surface area contributed by atoms with Crippen LogP contribution in [-0.2, 0) is 9.53 Å². The topological polar surface area (TPSA) is 38.3 Å². The van der Waals surface area contributed by atoms with Crippen LogP contribution in [0.3, 0.4) is 0 Å². The molecule has 1 N–H and O–H groups in total. The van der Waals surface area contributed by atoms with Gasteiger partial charge in [-0.3, -0.25) is 4.79 Å². The number of ether oxygens (including phenoxy) is 1. The van der Waals surface area contributed by atoms with Crippen molar-refractivity contribution >= 4 is 18.4 Å². The summed E-state index contributed by atoms with van der Waals surface area (Å²) in [6.45, 7) is 6.28. The molecular formula is C9H16ClNO2. The molecule has 0 spiro atoms. The van der Waals surface area contributed by atoms with Gasteiger partial charge in [0.2, 0.25) is 0 Å². The van der Waals surface area contributed by atoms with Crippen LogP contribution < -0.4 is 5.32 Å². The van der Waals surface area contributed by atoms with Gasteiger partial charge in [-0.15, -0.1) is 12.4 Å². The second-order valence-electron chi connectivity index (χ2n) is 4.14. The minimum atomic E-state index is -0.164. The molecule has 0 radical (unpaired) electrons. The van der Waals surface area contributed by atoms with Gasteiger partial charge in [0.25, 0.3) is 0 Å². The quantitative estimate of drug-likeness (QED) is 0.683. The average Bonchev–Trinajstić information content (AvgIpc) is 2.48.